The van der Waals surface area contributed by atoms with Crippen LogP contribution in [0.2, 0.25) is 5.02 Å². The number of nitrogens with one attached hydrogen (secondary N) is 1. The van der Waals surface area contributed by atoms with Crippen LogP contribution in [0.1, 0.15) is 35.6 Å². The number of halogens is 2. The molecule has 214 valence electrons. The Labute approximate surface area is 238 Å². The first-order valence-corrected chi connectivity index (χ1v) is 12.9. The Bertz CT molecular complexity index is 1170. The Kier molecular flexibility index (Phi) is 10.7. The van der Waals surface area contributed by atoms with Gasteiger partial charge in [-0.2, -0.15) is 0 Å². The third-order valence-electron chi connectivity index (χ3n) is 6.75. The van der Waals surface area contributed by atoms with E-state index in [9.17, 15) is 19.8 Å². The fourth-order valence-corrected chi connectivity index (χ4v) is 4.96. The molecule has 1 aliphatic heterocycles. The number of aliphatic hydroxyl groups is 1. The number of methoxy groups -OCH3 is 2. The summed E-state index contributed by atoms with van der Waals surface area (Å²) >= 11 is 6.08. The Morgan fingerprint density at radius 3 is 2.46 bits per heavy atom. The third-order valence-corrected chi connectivity index (χ3v) is 6.99. The molecule has 2 atom stereocenters. The first-order valence-electron chi connectivity index (χ1n) is 12.6. The smallest absolute Gasteiger partial charge is 0.434 e. The van der Waals surface area contributed by atoms with Crippen LogP contribution in [-0.4, -0.2) is 79.8 Å². The van der Waals surface area contributed by atoms with E-state index in [2.05, 4.69) is 5.32 Å². The van der Waals surface area contributed by atoms with Gasteiger partial charge in [-0.1, -0.05) is 23.7 Å². The van der Waals surface area contributed by atoms with Crippen molar-refractivity contribution in [3.63, 3.8) is 0 Å². The lowest BCUT2D eigenvalue weighted by Crippen LogP contribution is -2.60. The van der Waals surface area contributed by atoms with E-state index in [0.29, 0.717) is 16.3 Å². The predicted octanol–water partition coefficient (Wildman–Crippen LogP) is 3.46. The Morgan fingerprint density at radius 2 is 1.82 bits per heavy atom. The van der Waals surface area contributed by atoms with Gasteiger partial charge in [0, 0.05) is 38.9 Å². The van der Waals surface area contributed by atoms with E-state index in [-0.39, 0.29) is 56.8 Å². The van der Waals surface area contributed by atoms with Gasteiger partial charge in [0.2, 0.25) is 0 Å². The molecule has 2 unspecified atom stereocenters. The number of anilines is 1. The number of rotatable bonds is 12. The topological polar surface area (TPSA) is 127 Å². The van der Waals surface area contributed by atoms with E-state index in [1.165, 1.54) is 19.1 Å². The molecule has 0 radical (unpaired) electrons. The number of nitrogens with zero attached hydrogens (tertiary/aromatic N) is 1. The van der Waals surface area contributed by atoms with Gasteiger partial charge in [0.25, 0.3) is 0 Å². The van der Waals surface area contributed by atoms with Crippen molar-refractivity contribution in [3.8, 4) is 11.5 Å². The monoisotopic (exact) mass is 584 g/mol. The van der Waals surface area contributed by atoms with E-state index in [1.807, 2.05) is 0 Å². The normalized spacial score (nSPS) is 18.1. The lowest BCUT2D eigenvalue weighted by atomic mass is 9.89. The molecule has 2 aromatic rings. The minimum Gasteiger partial charge on any atom is -0.475 e. The number of benzene rings is 2. The number of carboxylic acid groups (broad SMARTS) is 1. The maximum Gasteiger partial charge on any atom is 0.434 e. The van der Waals surface area contributed by atoms with Crippen LogP contribution in [0.25, 0.3) is 0 Å². The van der Waals surface area contributed by atoms with Crippen LogP contribution in [-0.2, 0) is 31.9 Å². The molecule has 0 saturated heterocycles. The van der Waals surface area contributed by atoms with Crippen molar-refractivity contribution in [1.82, 2.24) is 4.90 Å². The van der Waals surface area contributed by atoms with Crippen LogP contribution in [0, 0.1) is 0 Å². The molecule has 0 spiro atoms. The van der Waals surface area contributed by atoms with Crippen LogP contribution in [0.15, 0.2) is 30.3 Å². The lowest BCUT2D eigenvalue weighted by Gasteiger charge is -2.29. The quantitative estimate of drug-likeness (QED) is 0.321. The number of aliphatic hydroxyl groups excluding tert-OH is 1. The summed E-state index contributed by atoms with van der Waals surface area (Å²) in [5, 5.41) is 24.8. The number of fused-ring (bicyclic) bond motifs is 2. The van der Waals surface area contributed by atoms with Gasteiger partial charge in [-0.3, -0.25) is 4.79 Å². The molecule has 12 heteroatoms. The van der Waals surface area contributed by atoms with E-state index in [4.69, 9.17) is 30.5 Å². The Morgan fingerprint density at radius 1 is 1.13 bits per heavy atom. The molecule has 39 heavy (non-hydrogen) atoms. The summed E-state index contributed by atoms with van der Waals surface area (Å²) in [6.45, 7) is 0.754. The third kappa shape index (κ3) is 6.53. The molecule has 0 saturated carbocycles. The van der Waals surface area contributed by atoms with Crippen molar-refractivity contribution < 1.29 is 38.7 Å². The van der Waals surface area contributed by atoms with Crippen LogP contribution in [0.4, 0.5) is 5.69 Å². The van der Waals surface area contributed by atoms with Gasteiger partial charge in [-0.05, 0) is 60.6 Å². The number of hydrogen-bond acceptors (Lipinski definition) is 8. The second-order valence-corrected chi connectivity index (χ2v) is 9.72. The zero-order valence-electron chi connectivity index (χ0n) is 21.9. The van der Waals surface area contributed by atoms with Gasteiger partial charge in [-0.25, -0.2) is 4.79 Å². The average molecular weight is 585 g/mol. The zero-order valence-corrected chi connectivity index (χ0v) is 23.5. The van der Waals surface area contributed by atoms with Crippen molar-refractivity contribution in [2.75, 3.05) is 52.4 Å². The minimum absolute atomic E-state index is 0. The van der Waals surface area contributed by atoms with Crippen molar-refractivity contribution in [3.05, 3.63) is 52.0 Å². The second-order valence-electron chi connectivity index (χ2n) is 9.28. The van der Waals surface area contributed by atoms with E-state index >= 15 is 0 Å². The largest absolute Gasteiger partial charge is 0.475 e. The summed E-state index contributed by atoms with van der Waals surface area (Å²) in [4.78, 5) is 27.5. The number of aliphatic carboxylic acids is 1. The van der Waals surface area contributed by atoms with Crippen molar-refractivity contribution in [2.24, 2.45) is 0 Å². The number of carboxylic acids is 1. The van der Waals surface area contributed by atoms with Gasteiger partial charge in [-0.15, -0.1) is 12.4 Å². The maximum absolute atomic E-state index is 13.6. The number of aryl methyl sites for hydroxylation is 1. The molecule has 3 N–H and O–H groups in total. The Hall–Kier alpha value is -2.76. The molecule has 10 nitrogen and oxygen atoms in total. The lowest BCUT2D eigenvalue weighted by molar-refractivity contribution is -0.190. The molecule has 1 heterocycles. The van der Waals surface area contributed by atoms with Gasteiger partial charge in [0.05, 0.1) is 25.0 Å². The van der Waals surface area contributed by atoms with Crippen LogP contribution in [0.3, 0.4) is 0 Å². The average Bonchev–Trinajstić information content (AvgIpc) is 3.31. The van der Waals surface area contributed by atoms with Crippen molar-refractivity contribution in [2.45, 2.75) is 37.6 Å². The van der Waals surface area contributed by atoms with E-state index in [1.54, 1.807) is 30.3 Å². The SMILES string of the molecule is COCCN(CCOC)C(=O)C1(C(=O)O)Oc2cc3c(c(NCC(O)c4cccc(Cl)c4)c2O1)CCCC3.Cl. The molecular formula is C27H34Cl2N2O8. The first-order chi connectivity index (χ1) is 18.3. The number of ether oxygens (including phenoxy) is 4. The number of carbonyl (C=O) groups is 2. The van der Waals surface area contributed by atoms with Gasteiger partial charge in [0.15, 0.2) is 11.5 Å². The van der Waals surface area contributed by atoms with E-state index in [0.717, 1.165) is 36.8 Å². The highest BCUT2D eigenvalue weighted by molar-refractivity contribution is 6.30. The summed E-state index contributed by atoms with van der Waals surface area (Å²) in [6.07, 6.45) is 2.55. The summed E-state index contributed by atoms with van der Waals surface area (Å²) in [5.41, 5.74) is 3.10. The summed E-state index contributed by atoms with van der Waals surface area (Å²) in [6, 6.07) is 8.69. The van der Waals surface area contributed by atoms with Crippen molar-refractivity contribution in [1.29, 1.82) is 0 Å². The highest BCUT2D eigenvalue weighted by atomic mass is 35.5. The Balaban J connectivity index is 0.00000420. The summed E-state index contributed by atoms with van der Waals surface area (Å²) < 4.78 is 22.0. The summed E-state index contributed by atoms with van der Waals surface area (Å²) in [7, 11) is 2.98. The predicted molar refractivity (Wildman–Crippen MR) is 147 cm³/mol. The van der Waals surface area contributed by atoms with Gasteiger partial charge >= 0.3 is 17.7 Å². The molecule has 0 bridgehead atoms. The second kappa shape index (κ2) is 13.5. The molecule has 1 amide bonds. The molecule has 2 aliphatic rings. The van der Waals surface area contributed by atoms with Crippen LogP contribution >= 0.6 is 24.0 Å². The molecule has 0 fully saturated rings. The number of hydrogen-bond donors (Lipinski definition) is 3. The molecule has 0 aromatic heterocycles. The van der Waals surface area contributed by atoms with Crippen LogP contribution in [0.5, 0.6) is 11.5 Å². The fraction of sp³-hybridized carbons (Fsp3) is 0.481. The van der Waals surface area contributed by atoms with Crippen molar-refractivity contribution >= 4 is 41.6 Å². The standard InChI is InChI=1S/C27H33ClN2O8.ClH/c1-35-12-10-30(11-13-36-2)25(32)27(26(33)34)37-22-15-17-6-3-4-9-20(17)23(24(22)38-27)29-16-21(31)18-7-5-8-19(28)14-18;/h5,7-8,14-15,21,29,31H,3-4,6,9-13,16H2,1-2H3,(H,33,34);1H. The first kappa shape index (κ1) is 30.8. The summed E-state index contributed by atoms with van der Waals surface area (Å²) in [5.74, 6) is -4.73. The zero-order chi connectivity index (χ0) is 27.3. The van der Waals surface area contributed by atoms with Crippen LogP contribution < -0.4 is 14.8 Å². The van der Waals surface area contributed by atoms with Gasteiger partial charge < -0.3 is 39.4 Å². The fourth-order valence-electron chi connectivity index (χ4n) is 4.76. The molecule has 2 aromatic carbocycles. The highest BCUT2D eigenvalue weighted by Crippen LogP contribution is 2.50. The highest BCUT2D eigenvalue weighted by Gasteiger charge is 2.59. The van der Waals surface area contributed by atoms with E-state index < -0.39 is 23.8 Å². The number of amides is 1. The molecular weight excluding hydrogens is 551 g/mol. The maximum atomic E-state index is 13.6. The van der Waals surface area contributed by atoms with Gasteiger partial charge in [0.1, 0.15) is 0 Å². The molecule has 1 aliphatic carbocycles. The number of carbonyl (C=O) groups excluding carboxylic acids is 1. The molecule has 4 rings (SSSR count). The minimum atomic E-state index is -2.60.